The molecule has 10 heteroatoms. The minimum atomic E-state index is -1.26. The molecule has 0 aromatic carbocycles. The lowest BCUT2D eigenvalue weighted by molar-refractivity contribution is -0.140. The van der Waals surface area contributed by atoms with Gasteiger partial charge in [0.05, 0.1) is 18.5 Å². The zero-order chi connectivity index (χ0) is 18.9. The summed E-state index contributed by atoms with van der Waals surface area (Å²) in [4.78, 5) is 56.0. The van der Waals surface area contributed by atoms with Gasteiger partial charge in [0.15, 0.2) is 0 Å². The SMILES string of the molecule is CC(C)C(NC(=O)C(N)CCC(=O)O)C(=O)NC(C=O)CC(=O)O. The first-order chi connectivity index (χ1) is 11.1. The third kappa shape index (κ3) is 8.22. The molecule has 3 unspecified atom stereocenters. The van der Waals surface area contributed by atoms with Gasteiger partial charge < -0.3 is 31.4 Å². The van der Waals surface area contributed by atoms with Crippen LogP contribution in [0.2, 0.25) is 0 Å². The van der Waals surface area contributed by atoms with Gasteiger partial charge in [0.1, 0.15) is 12.3 Å². The summed E-state index contributed by atoms with van der Waals surface area (Å²) in [6, 6.07) is -3.35. The monoisotopic (exact) mass is 345 g/mol. The predicted octanol–water partition coefficient (Wildman–Crippen LogP) is -1.52. The van der Waals surface area contributed by atoms with E-state index in [1.165, 1.54) is 0 Å². The Hall–Kier alpha value is -2.49. The smallest absolute Gasteiger partial charge is 0.305 e. The fourth-order valence-corrected chi connectivity index (χ4v) is 1.80. The summed E-state index contributed by atoms with van der Waals surface area (Å²) in [6.45, 7) is 3.28. The highest BCUT2D eigenvalue weighted by molar-refractivity contribution is 5.91. The second-order valence-electron chi connectivity index (χ2n) is 5.62. The van der Waals surface area contributed by atoms with Crippen molar-refractivity contribution in [3.63, 3.8) is 0 Å². The number of aliphatic carboxylic acids is 2. The molecule has 0 saturated carbocycles. The number of carboxylic acid groups (broad SMARTS) is 2. The summed E-state index contributed by atoms with van der Waals surface area (Å²) in [5.41, 5.74) is 5.57. The topological polar surface area (TPSA) is 176 Å². The third-order valence-corrected chi connectivity index (χ3v) is 3.14. The van der Waals surface area contributed by atoms with E-state index in [4.69, 9.17) is 15.9 Å². The van der Waals surface area contributed by atoms with E-state index in [9.17, 15) is 24.0 Å². The van der Waals surface area contributed by atoms with Gasteiger partial charge in [0, 0.05) is 6.42 Å². The Kier molecular flexibility index (Phi) is 9.25. The standard InChI is InChI=1S/C14H23N3O7/c1-7(2)12(14(24)16-8(6-18)5-11(21)22)17-13(23)9(15)3-4-10(19)20/h6-9,12H,3-5,15H2,1-2H3,(H,16,24)(H,17,23)(H,19,20)(H,21,22). The number of aldehydes is 1. The lowest BCUT2D eigenvalue weighted by Gasteiger charge is -2.24. The van der Waals surface area contributed by atoms with Crippen LogP contribution in [0, 0.1) is 5.92 Å². The number of amides is 2. The van der Waals surface area contributed by atoms with Crippen LogP contribution in [0.4, 0.5) is 0 Å². The number of carbonyl (C=O) groups is 5. The normalized spacial score (nSPS) is 14.3. The van der Waals surface area contributed by atoms with Crippen LogP contribution >= 0.6 is 0 Å². The molecular formula is C14H23N3O7. The third-order valence-electron chi connectivity index (χ3n) is 3.14. The van der Waals surface area contributed by atoms with Crippen LogP contribution in [0.1, 0.15) is 33.1 Å². The molecule has 0 rings (SSSR count). The van der Waals surface area contributed by atoms with E-state index in [1.54, 1.807) is 13.8 Å². The van der Waals surface area contributed by atoms with E-state index in [0.717, 1.165) is 0 Å². The number of nitrogens with two attached hydrogens (primary N) is 1. The fourth-order valence-electron chi connectivity index (χ4n) is 1.80. The molecule has 24 heavy (non-hydrogen) atoms. The number of hydrogen-bond acceptors (Lipinski definition) is 6. The average molecular weight is 345 g/mol. The number of hydrogen-bond donors (Lipinski definition) is 5. The zero-order valence-electron chi connectivity index (χ0n) is 13.5. The lowest BCUT2D eigenvalue weighted by Crippen LogP contribution is -2.55. The van der Waals surface area contributed by atoms with E-state index in [-0.39, 0.29) is 18.8 Å². The van der Waals surface area contributed by atoms with E-state index in [2.05, 4.69) is 10.6 Å². The molecule has 0 heterocycles. The highest BCUT2D eigenvalue weighted by Gasteiger charge is 2.28. The summed E-state index contributed by atoms with van der Waals surface area (Å²) in [5, 5.41) is 21.8. The molecule has 6 N–H and O–H groups in total. The molecule has 0 bridgehead atoms. The van der Waals surface area contributed by atoms with Crippen molar-refractivity contribution in [3.05, 3.63) is 0 Å². The zero-order valence-corrected chi connectivity index (χ0v) is 13.5. The van der Waals surface area contributed by atoms with E-state index < -0.39 is 48.3 Å². The van der Waals surface area contributed by atoms with Gasteiger partial charge in [-0.1, -0.05) is 13.8 Å². The molecule has 0 aliphatic rings. The van der Waals surface area contributed by atoms with Crippen LogP contribution in [0.5, 0.6) is 0 Å². The molecule has 10 nitrogen and oxygen atoms in total. The molecule has 0 aromatic rings. The molecule has 0 aliphatic carbocycles. The molecule has 0 fully saturated rings. The Morgan fingerprint density at radius 2 is 1.62 bits per heavy atom. The van der Waals surface area contributed by atoms with E-state index in [0.29, 0.717) is 6.29 Å². The lowest BCUT2D eigenvalue weighted by atomic mass is 10.0. The van der Waals surface area contributed by atoms with Crippen molar-refractivity contribution < 1.29 is 34.2 Å². The van der Waals surface area contributed by atoms with Gasteiger partial charge in [-0.25, -0.2) is 0 Å². The fraction of sp³-hybridized carbons (Fsp3) is 0.643. The summed E-state index contributed by atoms with van der Waals surface area (Å²) in [5.74, 6) is -4.14. The minimum absolute atomic E-state index is 0.0937. The first-order valence-electron chi connectivity index (χ1n) is 7.33. The molecule has 0 radical (unpaired) electrons. The summed E-state index contributed by atoms with van der Waals surface area (Å²) < 4.78 is 0. The average Bonchev–Trinajstić information content (AvgIpc) is 2.47. The quantitative estimate of drug-likeness (QED) is 0.280. The first kappa shape index (κ1) is 21.5. The Morgan fingerprint density at radius 3 is 2.04 bits per heavy atom. The van der Waals surface area contributed by atoms with Crippen LogP contribution < -0.4 is 16.4 Å². The Bertz CT molecular complexity index is 493. The number of carboxylic acids is 2. The van der Waals surface area contributed by atoms with Crippen LogP contribution in [-0.2, 0) is 24.0 Å². The van der Waals surface area contributed by atoms with Gasteiger partial charge in [-0.3, -0.25) is 19.2 Å². The van der Waals surface area contributed by atoms with Gasteiger partial charge >= 0.3 is 11.9 Å². The number of nitrogens with one attached hydrogen (secondary N) is 2. The van der Waals surface area contributed by atoms with Crippen molar-refractivity contribution in [1.82, 2.24) is 10.6 Å². The van der Waals surface area contributed by atoms with Gasteiger partial charge in [0.25, 0.3) is 0 Å². The Morgan fingerprint density at radius 1 is 1.04 bits per heavy atom. The van der Waals surface area contributed by atoms with Crippen molar-refractivity contribution in [2.24, 2.45) is 11.7 Å². The van der Waals surface area contributed by atoms with Gasteiger partial charge in [0.2, 0.25) is 11.8 Å². The molecule has 3 atom stereocenters. The van der Waals surface area contributed by atoms with Crippen molar-refractivity contribution in [1.29, 1.82) is 0 Å². The molecule has 2 amide bonds. The van der Waals surface area contributed by atoms with E-state index in [1.807, 2.05) is 0 Å². The molecule has 0 saturated heterocycles. The van der Waals surface area contributed by atoms with Crippen LogP contribution in [-0.4, -0.2) is 58.4 Å². The maximum Gasteiger partial charge on any atom is 0.305 e. The highest BCUT2D eigenvalue weighted by atomic mass is 16.4. The highest BCUT2D eigenvalue weighted by Crippen LogP contribution is 2.05. The first-order valence-corrected chi connectivity index (χ1v) is 7.33. The molecular weight excluding hydrogens is 322 g/mol. The largest absolute Gasteiger partial charge is 0.481 e. The maximum absolute atomic E-state index is 12.1. The van der Waals surface area contributed by atoms with Crippen molar-refractivity contribution in [2.75, 3.05) is 0 Å². The summed E-state index contributed by atoms with van der Waals surface area (Å²) >= 11 is 0. The van der Waals surface area contributed by atoms with Crippen molar-refractivity contribution in [2.45, 2.75) is 51.2 Å². The Balaban J connectivity index is 4.80. The molecule has 0 spiro atoms. The molecule has 136 valence electrons. The summed E-state index contributed by atoms with van der Waals surface area (Å²) in [6.07, 6.45) is -0.668. The maximum atomic E-state index is 12.1. The van der Waals surface area contributed by atoms with E-state index >= 15 is 0 Å². The minimum Gasteiger partial charge on any atom is -0.481 e. The van der Waals surface area contributed by atoms with Crippen molar-refractivity contribution >= 4 is 30.0 Å². The molecule has 0 aromatic heterocycles. The van der Waals surface area contributed by atoms with Crippen molar-refractivity contribution in [3.8, 4) is 0 Å². The van der Waals surface area contributed by atoms with Crippen LogP contribution in [0.15, 0.2) is 0 Å². The van der Waals surface area contributed by atoms with Gasteiger partial charge in [-0.15, -0.1) is 0 Å². The Labute approximate surface area is 138 Å². The van der Waals surface area contributed by atoms with Crippen LogP contribution in [0.25, 0.3) is 0 Å². The summed E-state index contributed by atoms with van der Waals surface area (Å²) in [7, 11) is 0. The number of rotatable bonds is 11. The van der Waals surface area contributed by atoms with Crippen LogP contribution in [0.3, 0.4) is 0 Å². The van der Waals surface area contributed by atoms with Gasteiger partial charge in [-0.05, 0) is 12.3 Å². The second-order valence-corrected chi connectivity index (χ2v) is 5.62. The van der Waals surface area contributed by atoms with Gasteiger partial charge in [-0.2, -0.15) is 0 Å². The predicted molar refractivity (Wildman–Crippen MR) is 81.9 cm³/mol. The molecule has 0 aliphatic heterocycles. The second kappa shape index (κ2) is 10.3. The number of carbonyl (C=O) groups excluding carboxylic acids is 3.